The average Bonchev–Trinajstić information content (AvgIpc) is 3.59. The predicted molar refractivity (Wildman–Crippen MR) is 125 cm³/mol. The van der Waals surface area contributed by atoms with Crippen LogP contribution in [-0.2, 0) is 13.6 Å². The number of aromatic amines is 1. The quantitative estimate of drug-likeness (QED) is 0.446. The third-order valence-corrected chi connectivity index (χ3v) is 6.74. The highest BCUT2D eigenvalue weighted by Gasteiger charge is 2.25. The molecule has 0 saturated carbocycles. The van der Waals surface area contributed by atoms with Gasteiger partial charge in [0.2, 0.25) is 0 Å². The van der Waals surface area contributed by atoms with Crippen molar-refractivity contribution in [1.29, 1.82) is 0 Å². The van der Waals surface area contributed by atoms with Gasteiger partial charge in [-0.2, -0.15) is 15.3 Å². The van der Waals surface area contributed by atoms with Crippen LogP contribution in [-0.4, -0.2) is 39.7 Å². The summed E-state index contributed by atoms with van der Waals surface area (Å²) in [6, 6.07) is 10.2. The highest BCUT2D eigenvalue weighted by atomic mass is 32.1. The Kier molecular flexibility index (Phi) is 4.36. The van der Waals surface area contributed by atoms with Gasteiger partial charge in [-0.3, -0.25) is 14.5 Å². The number of rotatable bonds is 4. The van der Waals surface area contributed by atoms with Crippen LogP contribution in [0.3, 0.4) is 0 Å². The van der Waals surface area contributed by atoms with Crippen molar-refractivity contribution in [3.63, 3.8) is 0 Å². The lowest BCUT2D eigenvalue weighted by atomic mass is 10.0. The minimum Gasteiger partial charge on any atom is -0.275 e. The molecule has 0 atom stereocenters. The number of H-pyrrole nitrogens is 1. The van der Waals surface area contributed by atoms with Crippen LogP contribution in [0.2, 0.25) is 0 Å². The number of nitrogens with one attached hydrogen (secondary N) is 1. The Morgan fingerprint density at radius 3 is 2.75 bits per heavy atom. The molecule has 4 aromatic heterocycles. The maximum Gasteiger partial charge on any atom is 0.167 e. The van der Waals surface area contributed by atoms with Gasteiger partial charge >= 0.3 is 0 Å². The number of hydrogen-bond acceptors (Lipinski definition) is 6. The molecule has 158 valence electrons. The molecule has 6 rings (SSSR count). The summed E-state index contributed by atoms with van der Waals surface area (Å²) in [6.45, 7) is 2.89. The Morgan fingerprint density at radius 2 is 2.00 bits per heavy atom. The number of benzene rings is 1. The van der Waals surface area contributed by atoms with Gasteiger partial charge in [-0.1, -0.05) is 30.3 Å². The van der Waals surface area contributed by atoms with Crippen LogP contribution in [0.1, 0.15) is 23.4 Å². The Morgan fingerprint density at radius 1 is 1.12 bits per heavy atom. The second-order valence-corrected chi connectivity index (χ2v) is 8.79. The van der Waals surface area contributed by atoms with Gasteiger partial charge < -0.3 is 0 Å². The summed E-state index contributed by atoms with van der Waals surface area (Å²) in [5.41, 5.74) is 7.49. The molecule has 1 aliphatic heterocycles. The molecule has 0 radical (unpaired) electrons. The normalized spacial score (nSPS) is 13.2. The van der Waals surface area contributed by atoms with E-state index < -0.39 is 0 Å². The van der Waals surface area contributed by atoms with Crippen LogP contribution in [0, 0.1) is 6.92 Å². The molecule has 0 unspecified atom stereocenters. The Hall–Kier alpha value is -3.85. The van der Waals surface area contributed by atoms with Crippen LogP contribution < -0.4 is 0 Å². The van der Waals surface area contributed by atoms with Crippen molar-refractivity contribution in [2.24, 2.45) is 7.05 Å². The van der Waals surface area contributed by atoms with Gasteiger partial charge in [-0.25, -0.2) is 9.97 Å². The summed E-state index contributed by atoms with van der Waals surface area (Å²) in [7, 11) is 1.94. The van der Waals surface area contributed by atoms with Gasteiger partial charge in [-0.15, -0.1) is 11.3 Å². The van der Waals surface area contributed by atoms with Gasteiger partial charge in [0.15, 0.2) is 5.82 Å². The Labute approximate surface area is 188 Å². The van der Waals surface area contributed by atoms with E-state index in [2.05, 4.69) is 56.3 Å². The minimum atomic E-state index is 0.720. The lowest BCUT2D eigenvalue weighted by molar-refractivity contribution is 0.611. The third-order valence-electron chi connectivity index (χ3n) is 5.66. The van der Waals surface area contributed by atoms with Crippen LogP contribution >= 0.6 is 11.3 Å². The van der Waals surface area contributed by atoms with Gasteiger partial charge in [-0.05, 0) is 25.0 Å². The standard InChI is InChI=1S/C23H20N8S/c1-14-19(18-10-16(8-9-31(18)29-14)17-11-26-30(2)12-17)23-27-20(15-6-4-3-5-7-15)21(32-23)22-24-13-25-28-22/h3-7,10-13H,8-9H2,1-2H3,(H,24,25,28). The van der Waals surface area contributed by atoms with Crippen LogP contribution in [0.25, 0.3) is 44.2 Å². The van der Waals surface area contributed by atoms with Gasteiger partial charge in [0.25, 0.3) is 0 Å². The van der Waals surface area contributed by atoms with E-state index in [1.807, 2.05) is 36.1 Å². The molecule has 0 spiro atoms. The van der Waals surface area contributed by atoms with Crippen molar-refractivity contribution in [1.82, 2.24) is 39.7 Å². The first-order valence-electron chi connectivity index (χ1n) is 10.4. The third kappa shape index (κ3) is 3.09. The molecular weight excluding hydrogens is 420 g/mol. The molecule has 8 nitrogen and oxygen atoms in total. The maximum absolute atomic E-state index is 5.08. The first kappa shape index (κ1) is 18.9. The van der Waals surface area contributed by atoms with E-state index in [0.717, 1.165) is 62.4 Å². The number of allylic oxidation sites excluding steroid dienone is 1. The zero-order valence-corrected chi connectivity index (χ0v) is 18.5. The molecule has 0 saturated heterocycles. The smallest absolute Gasteiger partial charge is 0.167 e. The van der Waals surface area contributed by atoms with Crippen LogP contribution in [0.4, 0.5) is 0 Å². The van der Waals surface area contributed by atoms with Crippen molar-refractivity contribution in [2.75, 3.05) is 0 Å². The molecule has 32 heavy (non-hydrogen) atoms. The SMILES string of the molecule is Cc1nn2c(c1-c1nc(-c3ccccc3)c(-c3ncn[nH]3)s1)C=C(c1cnn(C)c1)CC2. The summed E-state index contributed by atoms with van der Waals surface area (Å²) >= 11 is 1.61. The van der Waals surface area contributed by atoms with Gasteiger partial charge in [0, 0.05) is 30.9 Å². The monoisotopic (exact) mass is 440 g/mol. The van der Waals surface area contributed by atoms with Crippen LogP contribution in [0.5, 0.6) is 0 Å². The maximum atomic E-state index is 5.08. The number of hydrogen-bond donors (Lipinski definition) is 1. The number of aromatic nitrogens is 8. The molecule has 0 bridgehead atoms. The molecular formula is C23H20N8S. The van der Waals surface area contributed by atoms with Gasteiger partial charge in [0.05, 0.1) is 33.7 Å². The van der Waals surface area contributed by atoms with Crippen molar-refractivity contribution < 1.29 is 0 Å². The van der Waals surface area contributed by atoms with E-state index >= 15 is 0 Å². The lowest BCUT2D eigenvalue weighted by Crippen LogP contribution is -2.08. The first-order chi connectivity index (χ1) is 15.7. The predicted octanol–water partition coefficient (Wildman–Crippen LogP) is 4.44. The fourth-order valence-corrected chi connectivity index (χ4v) is 5.29. The molecule has 9 heteroatoms. The van der Waals surface area contributed by atoms with Crippen molar-refractivity contribution in [2.45, 2.75) is 19.9 Å². The number of aryl methyl sites for hydroxylation is 3. The van der Waals surface area contributed by atoms with Crippen molar-refractivity contribution >= 4 is 23.0 Å². The van der Waals surface area contributed by atoms with E-state index in [9.17, 15) is 0 Å². The fourth-order valence-electron chi connectivity index (χ4n) is 4.15. The highest BCUT2D eigenvalue weighted by molar-refractivity contribution is 7.18. The number of nitrogens with zero attached hydrogens (tertiary/aromatic N) is 7. The Balaban J connectivity index is 1.52. The van der Waals surface area contributed by atoms with E-state index in [1.54, 1.807) is 11.3 Å². The van der Waals surface area contributed by atoms with E-state index in [0.29, 0.717) is 0 Å². The van der Waals surface area contributed by atoms with Crippen LogP contribution in [0.15, 0.2) is 49.1 Å². The second-order valence-electron chi connectivity index (χ2n) is 7.79. The zero-order chi connectivity index (χ0) is 21.7. The summed E-state index contributed by atoms with van der Waals surface area (Å²) in [5, 5.41) is 17.1. The highest BCUT2D eigenvalue weighted by Crippen LogP contribution is 2.42. The summed E-state index contributed by atoms with van der Waals surface area (Å²) in [4.78, 5) is 10.4. The van der Waals surface area contributed by atoms with E-state index in [4.69, 9.17) is 10.1 Å². The average molecular weight is 441 g/mol. The number of thiazole rings is 1. The van der Waals surface area contributed by atoms with E-state index in [1.165, 1.54) is 11.9 Å². The summed E-state index contributed by atoms with van der Waals surface area (Å²) < 4.78 is 3.92. The van der Waals surface area contributed by atoms with Crippen molar-refractivity contribution in [3.8, 4) is 32.5 Å². The van der Waals surface area contributed by atoms with Crippen molar-refractivity contribution in [3.05, 3.63) is 66.0 Å². The largest absolute Gasteiger partial charge is 0.275 e. The lowest BCUT2D eigenvalue weighted by Gasteiger charge is -2.14. The molecule has 5 heterocycles. The number of fused-ring (bicyclic) bond motifs is 1. The minimum absolute atomic E-state index is 0.720. The summed E-state index contributed by atoms with van der Waals surface area (Å²) in [6.07, 6.45) is 8.66. The first-order valence-corrected chi connectivity index (χ1v) is 11.2. The molecule has 1 aliphatic rings. The molecule has 1 aromatic carbocycles. The summed E-state index contributed by atoms with van der Waals surface area (Å²) in [5.74, 6) is 0.720. The second kappa shape index (κ2) is 7.38. The zero-order valence-electron chi connectivity index (χ0n) is 17.6. The Bertz CT molecular complexity index is 1440. The molecule has 0 aliphatic carbocycles. The molecule has 0 amide bonds. The molecule has 1 N–H and O–H groups in total. The molecule has 5 aromatic rings. The topological polar surface area (TPSA) is 90.1 Å². The van der Waals surface area contributed by atoms with E-state index in [-0.39, 0.29) is 0 Å². The van der Waals surface area contributed by atoms with Gasteiger partial charge in [0.1, 0.15) is 11.3 Å². The fraction of sp³-hybridized carbons (Fsp3) is 0.174. The molecule has 0 fully saturated rings.